The molecule has 1 aliphatic heterocycles. The average molecular weight is 260 g/mol. The van der Waals surface area contributed by atoms with Crippen LogP contribution in [-0.4, -0.2) is 48.1 Å². The minimum absolute atomic E-state index is 0.408. The minimum atomic E-state index is 0.408. The Bertz CT molecular complexity index is 458. The zero-order chi connectivity index (χ0) is 13.4. The molecule has 1 N–H and O–H groups in total. The van der Waals surface area contributed by atoms with E-state index in [9.17, 15) is 5.11 Å². The summed E-state index contributed by atoms with van der Waals surface area (Å²) in [5.41, 5.74) is 2.80. The molecule has 19 heavy (non-hydrogen) atoms. The summed E-state index contributed by atoms with van der Waals surface area (Å²) in [5, 5.41) is 9.60. The van der Waals surface area contributed by atoms with Crippen LogP contribution < -0.4 is 0 Å². The molecule has 3 nitrogen and oxygen atoms in total. The molecule has 0 amide bonds. The molecule has 104 valence electrons. The number of phenolic OH excluding ortho intramolecular Hbond substituents is 1. The van der Waals surface area contributed by atoms with Crippen LogP contribution in [0.2, 0.25) is 0 Å². The lowest BCUT2D eigenvalue weighted by molar-refractivity contribution is 0.152. The number of hydrogen-bond acceptors (Lipinski definition) is 3. The molecule has 1 heterocycles. The van der Waals surface area contributed by atoms with Gasteiger partial charge in [0.1, 0.15) is 5.75 Å². The summed E-state index contributed by atoms with van der Waals surface area (Å²) in [7, 11) is 4.33. The summed E-state index contributed by atoms with van der Waals surface area (Å²) in [5.74, 6) is 0.408. The van der Waals surface area contributed by atoms with Crippen molar-refractivity contribution < 1.29 is 5.11 Å². The predicted octanol–water partition coefficient (Wildman–Crippen LogP) is 2.41. The van der Waals surface area contributed by atoms with Crippen molar-refractivity contribution in [3.05, 3.63) is 29.3 Å². The van der Waals surface area contributed by atoms with Crippen LogP contribution in [0.15, 0.2) is 18.2 Å². The second-order valence-corrected chi connectivity index (χ2v) is 6.23. The first-order valence-corrected chi connectivity index (χ1v) is 7.37. The van der Waals surface area contributed by atoms with E-state index < -0.39 is 0 Å². The van der Waals surface area contributed by atoms with E-state index in [1.807, 2.05) is 12.1 Å². The van der Waals surface area contributed by atoms with E-state index in [-0.39, 0.29) is 0 Å². The van der Waals surface area contributed by atoms with Crippen molar-refractivity contribution in [2.75, 3.05) is 27.2 Å². The van der Waals surface area contributed by atoms with Crippen LogP contribution in [0.1, 0.15) is 36.4 Å². The van der Waals surface area contributed by atoms with E-state index in [4.69, 9.17) is 0 Å². The van der Waals surface area contributed by atoms with Crippen LogP contribution in [0.4, 0.5) is 0 Å². The highest BCUT2D eigenvalue weighted by molar-refractivity contribution is 5.40. The fourth-order valence-corrected chi connectivity index (χ4v) is 3.81. The molecule has 1 saturated heterocycles. The monoisotopic (exact) mass is 260 g/mol. The molecule has 2 unspecified atom stereocenters. The molecule has 0 saturated carbocycles. The van der Waals surface area contributed by atoms with Gasteiger partial charge in [0.2, 0.25) is 0 Å². The maximum absolute atomic E-state index is 9.60. The smallest absolute Gasteiger partial charge is 0.115 e. The van der Waals surface area contributed by atoms with E-state index in [0.29, 0.717) is 17.8 Å². The fraction of sp³-hybridized carbons (Fsp3) is 0.625. The van der Waals surface area contributed by atoms with Crippen molar-refractivity contribution in [3.63, 3.8) is 0 Å². The first kappa shape index (κ1) is 12.9. The van der Waals surface area contributed by atoms with Crippen LogP contribution in [0.25, 0.3) is 0 Å². The molecule has 3 heteroatoms. The van der Waals surface area contributed by atoms with E-state index in [1.54, 1.807) is 0 Å². The summed E-state index contributed by atoms with van der Waals surface area (Å²) >= 11 is 0. The number of likely N-dealkylation sites (N-methyl/N-ethyl adjacent to an activating group) is 1. The summed E-state index contributed by atoms with van der Waals surface area (Å²) < 4.78 is 0. The Balaban J connectivity index is 1.81. The molecule has 1 aromatic rings. The van der Waals surface area contributed by atoms with Crippen molar-refractivity contribution in [3.8, 4) is 5.75 Å². The van der Waals surface area contributed by atoms with Gasteiger partial charge in [-0.3, -0.25) is 4.90 Å². The van der Waals surface area contributed by atoms with Gasteiger partial charge < -0.3 is 10.0 Å². The number of rotatable bonds is 3. The van der Waals surface area contributed by atoms with Gasteiger partial charge in [0.15, 0.2) is 0 Å². The Hall–Kier alpha value is -1.06. The highest BCUT2D eigenvalue weighted by Gasteiger charge is 2.35. The molecule has 3 rings (SSSR count). The maximum atomic E-state index is 9.60. The summed E-state index contributed by atoms with van der Waals surface area (Å²) in [4.78, 5) is 5.00. The van der Waals surface area contributed by atoms with Gasteiger partial charge in [-0.25, -0.2) is 0 Å². The Morgan fingerprint density at radius 1 is 1.32 bits per heavy atom. The van der Waals surface area contributed by atoms with Crippen molar-refractivity contribution in [2.24, 2.45) is 0 Å². The molecular formula is C16H24N2O. The van der Waals surface area contributed by atoms with E-state index in [0.717, 1.165) is 13.0 Å². The third kappa shape index (κ3) is 2.49. The third-order valence-corrected chi connectivity index (χ3v) is 4.57. The third-order valence-electron chi connectivity index (χ3n) is 4.57. The first-order chi connectivity index (χ1) is 9.15. The average Bonchev–Trinajstić information content (AvgIpc) is 2.93. The largest absolute Gasteiger partial charge is 0.508 e. The molecule has 2 aliphatic rings. The van der Waals surface area contributed by atoms with Gasteiger partial charge >= 0.3 is 0 Å². The molecule has 1 fully saturated rings. The summed E-state index contributed by atoms with van der Waals surface area (Å²) in [6.45, 7) is 2.38. The lowest BCUT2D eigenvalue weighted by atomic mass is 10.1. The van der Waals surface area contributed by atoms with Gasteiger partial charge in [-0.1, -0.05) is 6.07 Å². The second kappa shape index (κ2) is 5.14. The first-order valence-electron chi connectivity index (χ1n) is 7.37. The molecular weight excluding hydrogens is 236 g/mol. The molecule has 1 aliphatic carbocycles. The quantitative estimate of drug-likeness (QED) is 0.904. The molecule has 0 aromatic heterocycles. The predicted molar refractivity (Wildman–Crippen MR) is 77.5 cm³/mol. The van der Waals surface area contributed by atoms with Crippen molar-refractivity contribution in [2.45, 2.75) is 37.8 Å². The minimum Gasteiger partial charge on any atom is -0.508 e. The zero-order valence-corrected chi connectivity index (χ0v) is 12.0. The number of hydrogen-bond donors (Lipinski definition) is 1. The SMILES string of the molecule is CN(C)CC1CCCN1C1CCc2cc(O)ccc21. The number of aromatic hydroxyl groups is 1. The lowest BCUT2D eigenvalue weighted by Gasteiger charge is -2.32. The van der Waals surface area contributed by atoms with Gasteiger partial charge in [0, 0.05) is 18.6 Å². The van der Waals surface area contributed by atoms with Crippen molar-refractivity contribution >= 4 is 0 Å². The van der Waals surface area contributed by atoms with Crippen LogP contribution in [-0.2, 0) is 6.42 Å². The molecule has 2 atom stereocenters. The van der Waals surface area contributed by atoms with E-state index >= 15 is 0 Å². The Kier molecular flexibility index (Phi) is 3.50. The lowest BCUT2D eigenvalue weighted by Crippen LogP contribution is -2.39. The number of fused-ring (bicyclic) bond motifs is 1. The Morgan fingerprint density at radius 2 is 2.16 bits per heavy atom. The van der Waals surface area contributed by atoms with E-state index in [2.05, 4.69) is 30.0 Å². The highest BCUT2D eigenvalue weighted by atomic mass is 16.3. The molecule has 0 bridgehead atoms. The summed E-state index contributed by atoms with van der Waals surface area (Å²) in [6.07, 6.45) is 4.97. The number of benzene rings is 1. The fourth-order valence-electron chi connectivity index (χ4n) is 3.81. The molecule has 1 aromatic carbocycles. The number of nitrogens with zero attached hydrogens (tertiary/aromatic N) is 2. The van der Waals surface area contributed by atoms with Gasteiger partial charge in [0.05, 0.1) is 0 Å². The van der Waals surface area contributed by atoms with Crippen LogP contribution >= 0.6 is 0 Å². The topological polar surface area (TPSA) is 26.7 Å². The number of phenols is 1. The standard InChI is InChI=1S/C16H24N2O/c1-17(2)11-13-4-3-9-18(13)16-8-5-12-10-14(19)6-7-15(12)16/h6-7,10,13,16,19H,3-5,8-9,11H2,1-2H3. The van der Waals surface area contributed by atoms with Gasteiger partial charge in [-0.15, -0.1) is 0 Å². The van der Waals surface area contributed by atoms with Gasteiger partial charge in [0.25, 0.3) is 0 Å². The van der Waals surface area contributed by atoms with Crippen LogP contribution in [0, 0.1) is 0 Å². The van der Waals surface area contributed by atoms with Gasteiger partial charge in [-0.05, 0) is 69.6 Å². The van der Waals surface area contributed by atoms with Crippen molar-refractivity contribution in [1.29, 1.82) is 0 Å². The Morgan fingerprint density at radius 3 is 2.95 bits per heavy atom. The normalized spacial score (nSPS) is 27.1. The second-order valence-electron chi connectivity index (χ2n) is 6.23. The molecule has 0 spiro atoms. The highest BCUT2D eigenvalue weighted by Crippen LogP contribution is 2.40. The van der Waals surface area contributed by atoms with E-state index in [1.165, 1.54) is 36.9 Å². The van der Waals surface area contributed by atoms with Crippen LogP contribution in [0.5, 0.6) is 5.75 Å². The zero-order valence-electron chi connectivity index (χ0n) is 12.0. The molecule has 0 radical (unpaired) electrons. The van der Waals surface area contributed by atoms with Gasteiger partial charge in [-0.2, -0.15) is 0 Å². The van der Waals surface area contributed by atoms with Crippen molar-refractivity contribution in [1.82, 2.24) is 9.80 Å². The van der Waals surface area contributed by atoms with Crippen LogP contribution in [0.3, 0.4) is 0 Å². The summed E-state index contributed by atoms with van der Waals surface area (Å²) in [6, 6.07) is 7.19. The Labute approximate surface area is 115 Å². The maximum Gasteiger partial charge on any atom is 0.115 e. The number of aryl methyl sites for hydroxylation is 1. The number of likely N-dealkylation sites (tertiary alicyclic amines) is 1.